The number of hydrogen-bond acceptors (Lipinski definition) is 5. The highest BCUT2D eigenvalue weighted by atomic mass is 35.5. The average molecular weight is 377 g/mol. The summed E-state index contributed by atoms with van der Waals surface area (Å²) in [5.41, 5.74) is 2.89. The highest BCUT2D eigenvalue weighted by Crippen LogP contribution is 2.27. The zero-order chi connectivity index (χ0) is 18.5. The number of rotatable bonds is 6. The number of pyridine rings is 1. The first-order chi connectivity index (χ1) is 13.3. The molecule has 4 rings (SSSR count). The van der Waals surface area contributed by atoms with Gasteiger partial charge < -0.3 is 9.84 Å². The van der Waals surface area contributed by atoms with E-state index in [9.17, 15) is 0 Å². The van der Waals surface area contributed by atoms with Gasteiger partial charge in [0.05, 0.1) is 5.56 Å². The van der Waals surface area contributed by atoms with Crippen LogP contribution >= 0.6 is 11.6 Å². The van der Waals surface area contributed by atoms with Gasteiger partial charge in [0.1, 0.15) is 5.82 Å². The van der Waals surface area contributed by atoms with Crippen LogP contribution in [0, 0.1) is 0 Å². The summed E-state index contributed by atoms with van der Waals surface area (Å²) in [5.74, 6) is 1.66. The van der Waals surface area contributed by atoms with Crippen molar-refractivity contribution < 1.29 is 4.52 Å². The Bertz CT molecular complexity index is 1020. The maximum absolute atomic E-state index is 5.93. The van der Waals surface area contributed by atoms with E-state index in [1.807, 2.05) is 42.5 Å². The van der Waals surface area contributed by atoms with Gasteiger partial charge in [0, 0.05) is 23.3 Å². The third-order valence-electron chi connectivity index (χ3n) is 4.12. The molecule has 5 nitrogen and oxygen atoms in total. The van der Waals surface area contributed by atoms with Crippen LogP contribution in [0.1, 0.15) is 5.56 Å². The van der Waals surface area contributed by atoms with Crippen LogP contribution in [0.4, 0.5) is 5.82 Å². The van der Waals surface area contributed by atoms with Crippen molar-refractivity contribution >= 4 is 17.4 Å². The molecule has 0 aliphatic rings. The fraction of sp³-hybridized carbons (Fsp3) is 0.0952. The molecule has 0 unspecified atom stereocenters. The third kappa shape index (κ3) is 4.15. The smallest absolute Gasteiger partial charge is 0.261 e. The number of benzene rings is 2. The molecule has 0 aliphatic carbocycles. The van der Waals surface area contributed by atoms with Crippen LogP contribution in [-0.2, 0) is 6.42 Å². The largest absolute Gasteiger partial charge is 0.369 e. The van der Waals surface area contributed by atoms with Gasteiger partial charge in [0.25, 0.3) is 5.89 Å². The number of halogens is 1. The van der Waals surface area contributed by atoms with E-state index < -0.39 is 0 Å². The first kappa shape index (κ1) is 17.2. The number of anilines is 1. The Balaban J connectivity index is 1.52. The summed E-state index contributed by atoms with van der Waals surface area (Å²) in [6.07, 6.45) is 2.64. The van der Waals surface area contributed by atoms with Crippen LogP contribution in [-0.4, -0.2) is 21.7 Å². The van der Waals surface area contributed by atoms with Crippen molar-refractivity contribution in [3.8, 4) is 22.8 Å². The minimum Gasteiger partial charge on any atom is -0.369 e. The minimum atomic E-state index is 0.426. The molecule has 0 amide bonds. The molecule has 0 saturated carbocycles. The Morgan fingerprint density at radius 2 is 1.74 bits per heavy atom. The zero-order valence-corrected chi connectivity index (χ0v) is 15.2. The van der Waals surface area contributed by atoms with Crippen molar-refractivity contribution in [2.24, 2.45) is 0 Å². The molecule has 2 heterocycles. The molecule has 0 radical (unpaired) electrons. The summed E-state index contributed by atoms with van der Waals surface area (Å²) in [6, 6.07) is 21.4. The molecule has 1 N–H and O–H groups in total. The van der Waals surface area contributed by atoms with Crippen molar-refractivity contribution in [2.45, 2.75) is 6.42 Å². The van der Waals surface area contributed by atoms with Crippen LogP contribution in [0.15, 0.2) is 77.4 Å². The third-order valence-corrected chi connectivity index (χ3v) is 4.37. The van der Waals surface area contributed by atoms with Crippen LogP contribution < -0.4 is 5.32 Å². The Kier molecular flexibility index (Phi) is 5.12. The fourth-order valence-corrected chi connectivity index (χ4v) is 2.86. The van der Waals surface area contributed by atoms with E-state index in [0.29, 0.717) is 16.7 Å². The van der Waals surface area contributed by atoms with Gasteiger partial charge in [0.15, 0.2) is 0 Å². The predicted octanol–water partition coefficient (Wildman–Crippen LogP) is 5.11. The van der Waals surface area contributed by atoms with Crippen LogP contribution in [0.5, 0.6) is 0 Å². The van der Waals surface area contributed by atoms with Gasteiger partial charge >= 0.3 is 0 Å². The second-order valence-corrected chi connectivity index (χ2v) is 6.43. The maximum atomic E-state index is 5.93. The molecule has 0 bridgehead atoms. The monoisotopic (exact) mass is 376 g/mol. The molecule has 4 aromatic rings. The van der Waals surface area contributed by atoms with E-state index >= 15 is 0 Å². The van der Waals surface area contributed by atoms with Gasteiger partial charge in [0.2, 0.25) is 5.82 Å². The molecular weight excluding hydrogens is 360 g/mol. The maximum Gasteiger partial charge on any atom is 0.261 e. The molecular formula is C21H17ClN4O. The Hall–Kier alpha value is -3.18. The van der Waals surface area contributed by atoms with Crippen molar-refractivity contribution in [2.75, 3.05) is 11.9 Å². The fourth-order valence-electron chi connectivity index (χ4n) is 2.74. The van der Waals surface area contributed by atoms with E-state index in [1.54, 1.807) is 18.3 Å². The lowest BCUT2D eigenvalue weighted by Crippen LogP contribution is -2.07. The molecule has 0 spiro atoms. The van der Waals surface area contributed by atoms with E-state index in [4.69, 9.17) is 16.1 Å². The van der Waals surface area contributed by atoms with Crippen LogP contribution in [0.3, 0.4) is 0 Å². The molecule has 6 heteroatoms. The standard InChI is InChI=1S/C21H17ClN4O/c22-17-10-8-16(9-11-17)19-25-21(27-26-19)18-7-4-13-23-20(18)24-14-12-15-5-2-1-3-6-15/h1-11,13H,12,14H2,(H,23,24). The topological polar surface area (TPSA) is 63.8 Å². The normalized spacial score (nSPS) is 10.7. The number of hydrogen-bond donors (Lipinski definition) is 1. The molecule has 0 atom stereocenters. The van der Waals surface area contributed by atoms with Crippen molar-refractivity contribution in [3.63, 3.8) is 0 Å². The lowest BCUT2D eigenvalue weighted by molar-refractivity contribution is 0.432. The number of aromatic nitrogens is 3. The number of nitrogens with zero attached hydrogens (tertiary/aromatic N) is 3. The highest BCUT2D eigenvalue weighted by molar-refractivity contribution is 6.30. The summed E-state index contributed by atoms with van der Waals surface area (Å²) in [7, 11) is 0. The van der Waals surface area contributed by atoms with Gasteiger partial charge in [-0.3, -0.25) is 0 Å². The van der Waals surface area contributed by atoms with Crippen molar-refractivity contribution in [3.05, 3.63) is 83.5 Å². The lowest BCUT2D eigenvalue weighted by atomic mass is 10.1. The summed E-state index contributed by atoms with van der Waals surface area (Å²) in [6.45, 7) is 0.756. The van der Waals surface area contributed by atoms with Gasteiger partial charge in [-0.1, -0.05) is 47.1 Å². The minimum absolute atomic E-state index is 0.426. The zero-order valence-electron chi connectivity index (χ0n) is 14.5. The summed E-state index contributed by atoms with van der Waals surface area (Å²) < 4.78 is 5.47. The van der Waals surface area contributed by atoms with Gasteiger partial charge in [-0.2, -0.15) is 4.98 Å². The second-order valence-electron chi connectivity index (χ2n) is 5.99. The van der Waals surface area contributed by atoms with Crippen molar-refractivity contribution in [1.82, 2.24) is 15.1 Å². The molecule has 2 aromatic heterocycles. The van der Waals surface area contributed by atoms with Crippen LogP contribution in [0.25, 0.3) is 22.8 Å². The molecule has 2 aromatic carbocycles. The summed E-state index contributed by atoms with van der Waals surface area (Å²) in [5, 5.41) is 8.10. The van der Waals surface area contributed by atoms with Gasteiger partial charge in [-0.05, 0) is 48.4 Å². The lowest BCUT2D eigenvalue weighted by Gasteiger charge is -2.08. The molecule has 0 fully saturated rings. The SMILES string of the molecule is Clc1ccc(-c2noc(-c3cccnc3NCCc3ccccc3)n2)cc1. The van der Waals surface area contributed by atoms with E-state index in [1.165, 1.54) is 5.56 Å². The molecule has 27 heavy (non-hydrogen) atoms. The predicted molar refractivity (Wildman–Crippen MR) is 107 cm³/mol. The average Bonchev–Trinajstić information content (AvgIpc) is 3.20. The highest BCUT2D eigenvalue weighted by Gasteiger charge is 2.14. The second kappa shape index (κ2) is 8.01. The Morgan fingerprint density at radius 3 is 2.56 bits per heavy atom. The molecule has 134 valence electrons. The van der Waals surface area contributed by atoms with Crippen molar-refractivity contribution in [1.29, 1.82) is 0 Å². The molecule has 0 saturated heterocycles. The van der Waals surface area contributed by atoms with E-state index in [-0.39, 0.29) is 0 Å². The molecule has 0 aliphatic heterocycles. The van der Waals surface area contributed by atoms with E-state index in [2.05, 4.69) is 32.6 Å². The van der Waals surface area contributed by atoms with E-state index in [0.717, 1.165) is 29.9 Å². The quantitative estimate of drug-likeness (QED) is 0.506. The summed E-state index contributed by atoms with van der Waals surface area (Å²) >= 11 is 5.93. The van der Waals surface area contributed by atoms with Gasteiger partial charge in [-0.25, -0.2) is 4.98 Å². The van der Waals surface area contributed by atoms with Gasteiger partial charge in [-0.15, -0.1) is 0 Å². The number of nitrogens with one attached hydrogen (secondary N) is 1. The first-order valence-electron chi connectivity index (χ1n) is 8.62. The summed E-state index contributed by atoms with van der Waals surface area (Å²) in [4.78, 5) is 8.93. The Morgan fingerprint density at radius 1 is 0.926 bits per heavy atom. The Labute approximate surface area is 162 Å². The van der Waals surface area contributed by atoms with Crippen LogP contribution in [0.2, 0.25) is 5.02 Å². The first-order valence-corrected chi connectivity index (χ1v) is 9.00.